The molecule has 1 amide bonds. The van der Waals surface area contributed by atoms with Gasteiger partial charge in [-0.25, -0.2) is 0 Å². The SMILES string of the molecule is CCc1cccc(NC(=O)CN(C)Cc2ccccc2)c1. The molecule has 2 aromatic carbocycles. The monoisotopic (exact) mass is 282 g/mol. The van der Waals surface area contributed by atoms with Gasteiger partial charge in [0.25, 0.3) is 0 Å². The molecule has 0 saturated heterocycles. The number of nitrogens with one attached hydrogen (secondary N) is 1. The Balaban J connectivity index is 1.86. The summed E-state index contributed by atoms with van der Waals surface area (Å²) in [6, 6.07) is 18.1. The maximum absolute atomic E-state index is 12.1. The van der Waals surface area contributed by atoms with Gasteiger partial charge in [0.15, 0.2) is 0 Å². The van der Waals surface area contributed by atoms with Gasteiger partial charge >= 0.3 is 0 Å². The van der Waals surface area contributed by atoms with Crippen molar-refractivity contribution in [3.05, 3.63) is 65.7 Å². The highest BCUT2D eigenvalue weighted by atomic mass is 16.2. The summed E-state index contributed by atoms with van der Waals surface area (Å²) in [4.78, 5) is 14.1. The number of rotatable bonds is 6. The van der Waals surface area contributed by atoms with E-state index in [1.807, 2.05) is 48.3 Å². The smallest absolute Gasteiger partial charge is 0.238 e. The Morgan fingerprint density at radius 1 is 1.05 bits per heavy atom. The average molecular weight is 282 g/mol. The average Bonchev–Trinajstić information content (AvgIpc) is 2.48. The lowest BCUT2D eigenvalue weighted by Crippen LogP contribution is -2.29. The van der Waals surface area contributed by atoms with Gasteiger partial charge < -0.3 is 5.32 Å². The molecule has 3 heteroatoms. The molecule has 1 N–H and O–H groups in total. The van der Waals surface area contributed by atoms with E-state index in [4.69, 9.17) is 0 Å². The number of benzene rings is 2. The Hall–Kier alpha value is -2.13. The van der Waals surface area contributed by atoms with Crippen molar-refractivity contribution in [1.29, 1.82) is 0 Å². The Kier molecular flexibility index (Phi) is 5.52. The van der Waals surface area contributed by atoms with Crippen LogP contribution in [0.4, 0.5) is 5.69 Å². The third-order valence-corrected chi connectivity index (χ3v) is 3.33. The fraction of sp³-hybridized carbons (Fsp3) is 0.278. The first-order chi connectivity index (χ1) is 10.2. The fourth-order valence-corrected chi connectivity index (χ4v) is 2.27. The topological polar surface area (TPSA) is 32.3 Å². The highest BCUT2D eigenvalue weighted by molar-refractivity contribution is 5.92. The lowest BCUT2D eigenvalue weighted by molar-refractivity contribution is -0.117. The van der Waals surface area contributed by atoms with Crippen LogP contribution in [0.3, 0.4) is 0 Å². The molecule has 0 aliphatic heterocycles. The molecule has 0 aliphatic carbocycles. The number of anilines is 1. The van der Waals surface area contributed by atoms with Crippen LogP contribution < -0.4 is 5.32 Å². The number of aryl methyl sites for hydroxylation is 1. The van der Waals surface area contributed by atoms with Crippen LogP contribution in [0, 0.1) is 0 Å². The summed E-state index contributed by atoms with van der Waals surface area (Å²) in [5.74, 6) is 0.0154. The summed E-state index contributed by atoms with van der Waals surface area (Å²) in [5.41, 5.74) is 3.30. The van der Waals surface area contributed by atoms with E-state index in [-0.39, 0.29) is 5.91 Å². The van der Waals surface area contributed by atoms with E-state index in [2.05, 4.69) is 30.4 Å². The molecule has 21 heavy (non-hydrogen) atoms. The number of amides is 1. The molecular weight excluding hydrogens is 260 g/mol. The molecule has 0 aliphatic rings. The Morgan fingerprint density at radius 2 is 1.76 bits per heavy atom. The van der Waals surface area contributed by atoms with Crippen LogP contribution in [-0.2, 0) is 17.8 Å². The predicted octanol–water partition coefficient (Wildman–Crippen LogP) is 3.32. The molecular formula is C18H22N2O. The zero-order valence-electron chi connectivity index (χ0n) is 12.7. The fourth-order valence-electron chi connectivity index (χ4n) is 2.27. The number of carbonyl (C=O) groups excluding carboxylic acids is 1. The molecule has 0 bridgehead atoms. The molecule has 0 aromatic heterocycles. The molecule has 2 aromatic rings. The number of likely N-dealkylation sites (N-methyl/N-ethyl adjacent to an activating group) is 1. The Labute approximate surface area is 126 Å². The lowest BCUT2D eigenvalue weighted by Gasteiger charge is -2.16. The van der Waals surface area contributed by atoms with E-state index >= 15 is 0 Å². The van der Waals surface area contributed by atoms with Gasteiger partial charge in [-0.05, 0) is 36.7 Å². The van der Waals surface area contributed by atoms with Crippen molar-refractivity contribution < 1.29 is 4.79 Å². The maximum atomic E-state index is 12.1. The first-order valence-electron chi connectivity index (χ1n) is 7.28. The molecule has 3 nitrogen and oxygen atoms in total. The zero-order valence-corrected chi connectivity index (χ0v) is 12.7. The first kappa shape index (κ1) is 15.3. The number of nitrogens with zero attached hydrogens (tertiary/aromatic N) is 1. The molecule has 0 heterocycles. The first-order valence-corrected chi connectivity index (χ1v) is 7.28. The largest absolute Gasteiger partial charge is 0.325 e. The van der Waals surface area contributed by atoms with Gasteiger partial charge in [0.1, 0.15) is 0 Å². The highest BCUT2D eigenvalue weighted by Crippen LogP contribution is 2.11. The van der Waals surface area contributed by atoms with Gasteiger partial charge in [0.2, 0.25) is 5.91 Å². The minimum Gasteiger partial charge on any atom is -0.325 e. The van der Waals surface area contributed by atoms with Gasteiger partial charge in [-0.3, -0.25) is 9.69 Å². The quantitative estimate of drug-likeness (QED) is 0.881. The van der Waals surface area contributed by atoms with E-state index in [0.717, 1.165) is 18.7 Å². The van der Waals surface area contributed by atoms with E-state index in [1.54, 1.807) is 0 Å². The Morgan fingerprint density at radius 3 is 2.48 bits per heavy atom. The summed E-state index contributed by atoms with van der Waals surface area (Å²) in [6.07, 6.45) is 0.970. The van der Waals surface area contributed by atoms with Gasteiger partial charge in [-0.1, -0.05) is 49.4 Å². The van der Waals surface area contributed by atoms with Crippen molar-refractivity contribution in [2.24, 2.45) is 0 Å². The van der Waals surface area contributed by atoms with Crippen molar-refractivity contribution in [3.8, 4) is 0 Å². The molecule has 0 atom stereocenters. The molecule has 0 radical (unpaired) electrons. The van der Waals surface area contributed by atoms with Gasteiger partial charge in [0.05, 0.1) is 6.54 Å². The van der Waals surface area contributed by atoms with Crippen LogP contribution in [0.2, 0.25) is 0 Å². The summed E-state index contributed by atoms with van der Waals surface area (Å²) >= 11 is 0. The van der Waals surface area contributed by atoms with Crippen LogP contribution in [-0.4, -0.2) is 24.4 Å². The standard InChI is InChI=1S/C18H22N2O/c1-3-15-10-7-11-17(12-15)19-18(21)14-20(2)13-16-8-5-4-6-9-16/h4-12H,3,13-14H2,1-2H3,(H,19,21). The number of hydrogen-bond acceptors (Lipinski definition) is 2. The Bertz CT molecular complexity index is 581. The normalized spacial score (nSPS) is 10.6. The van der Waals surface area contributed by atoms with Crippen molar-refractivity contribution in [3.63, 3.8) is 0 Å². The van der Waals surface area contributed by atoms with E-state index < -0.39 is 0 Å². The van der Waals surface area contributed by atoms with Gasteiger partial charge in [-0.15, -0.1) is 0 Å². The number of hydrogen-bond donors (Lipinski definition) is 1. The van der Waals surface area contributed by atoms with Crippen LogP contribution in [0.15, 0.2) is 54.6 Å². The minimum absolute atomic E-state index is 0.0154. The molecule has 2 rings (SSSR count). The van der Waals surface area contributed by atoms with E-state index in [0.29, 0.717) is 6.54 Å². The van der Waals surface area contributed by atoms with Gasteiger partial charge in [-0.2, -0.15) is 0 Å². The zero-order chi connectivity index (χ0) is 15.1. The molecule has 0 saturated carbocycles. The van der Waals surface area contributed by atoms with Crippen molar-refractivity contribution in [2.45, 2.75) is 19.9 Å². The lowest BCUT2D eigenvalue weighted by atomic mass is 10.1. The highest BCUT2D eigenvalue weighted by Gasteiger charge is 2.07. The minimum atomic E-state index is 0.0154. The second-order valence-electron chi connectivity index (χ2n) is 5.26. The second kappa shape index (κ2) is 7.60. The second-order valence-corrected chi connectivity index (χ2v) is 5.26. The maximum Gasteiger partial charge on any atom is 0.238 e. The van der Waals surface area contributed by atoms with Crippen molar-refractivity contribution in [1.82, 2.24) is 4.90 Å². The summed E-state index contributed by atoms with van der Waals surface area (Å²) in [5, 5.41) is 2.95. The van der Waals surface area contributed by atoms with Gasteiger partial charge in [0, 0.05) is 12.2 Å². The van der Waals surface area contributed by atoms with Crippen LogP contribution in [0.1, 0.15) is 18.1 Å². The van der Waals surface area contributed by atoms with E-state index in [1.165, 1.54) is 11.1 Å². The molecule has 110 valence electrons. The van der Waals surface area contributed by atoms with Crippen molar-refractivity contribution >= 4 is 11.6 Å². The molecule has 0 spiro atoms. The predicted molar refractivity (Wildman–Crippen MR) is 87.2 cm³/mol. The van der Waals surface area contributed by atoms with Crippen molar-refractivity contribution in [2.75, 3.05) is 18.9 Å². The number of carbonyl (C=O) groups is 1. The van der Waals surface area contributed by atoms with Crippen LogP contribution >= 0.6 is 0 Å². The van der Waals surface area contributed by atoms with Crippen LogP contribution in [0.25, 0.3) is 0 Å². The summed E-state index contributed by atoms with van der Waals surface area (Å²) in [7, 11) is 1.95. The van der Waals surface area contributed by atoms with E-state index in [9.17, 15) is 4.79 Å². The third-order valence-electron chi connectivity index (χ3n) is 3.33. The summed E-state index contributed by atoms with van der Waals surface area (Å²) in [6.45, 7) is 3.25. The summed E-state index contributed by atoms with van der Waals surface area (Å²) < 4.78 is 0. The molecule has 0 unspecified atom stereocenters. The van der Waals surface area contributed by atoms with Crippen LogP contribution in [0.5, 0.6) is 0 Å². The third kappa shape index (κ3) is 5.04. The molecule has 0 fully saturated rings.